The summed E-state index contributed by atoms with van der Waals surface area (Å²) in [5.74, 6) is -1.19. The summed E-state index contributed by atoms with van der Waals surface area (Å²) < 4.78 is 9.68. The summed E-state index contributed by atoms with van der Waals surface area (Å²) in [6.07, 6.45) is -2.25. The molecule has 1 aromatic rings. The number of esters is 1. The van der Waals surface area contributed by atoms with Crippen LogP contribution in [0.2, 0.25) is 0 Å². The molecule has 0 saturated carbocycles. The first-order valence-corrected chi connectivity index (χ1v) is 8.00. The van der Waals surface area contributed by atoms with E-state index in [-0.39, 0.29) is 26.1 Å². The van der Waals surface area contributed by atoms with Crippen LogP contribution in [0, 0.1) is 0 Å². The van der Waals surface area contributed by atoms with E-state index in [1.807, 2.05) is 30.3 Å². The molecule has 0 bridgehead atoms. The Bertz CT molecular complexity index is 598. The highest BCUT2D eigenvalue weighted by Gasteiger charge is 2.29. The van der Waals surface area contributed by atoms with Crippen LogP contribution in [-0.2, 0) is 25.7 Å². The number of ether oxygens (including phenoxy) is 2. The second kappa shape index (κ2) is 9.03. The highest BCUT2D eigenvalue weighted by molar-refractivity contribution is 5.85. The molecule has 1 aliphatic rings. The average Bonchev–Trinajstić information content (AvgIpc) is 2.66. The minimum absolute atomic E-state index is 0.191. The van der Waals surface area contributed by atoms with E-state index in [0.717, 1.165) is 5.56 Å². The molecule has 0 radical (unpaired) electrons. The van der Waals surface area contributed by atoms with Crippen LogP contribution in [-0.4, -0.2) is 72.3 Å². The van der Waals surface area contributed by atoms with Crippen molar-refractivity contribution in [2.24, 2.45) is 0 Å². The van der Waals surface area contributed by atoms with Crippen LogP contribution in [0.25, 0.3) is 0 Å². The van der Waals surface area contributed by atoms with Crippen molar-refractivity contribution in [3.8, 4) is 0 Å². The Morgan fingerprint density at radius 3 is 2.28 bits per heavy atom. The van der Waals surface area contributed by atoms with Gasteiger partial charge < -0.3 is 24.4 Å². The summed E-state index contributed by atoms with van der Waals surface area (Å²) in [6.45, 7) is 1.36. The van der Waals surface area contributed by atoms with Gasteiger partial charge in [0.05, 0.1) is 13.5 Å². The van der Waals surface area contributed by atoms with Gasteiger partial charge in [0.15, 0.2) is 0 Å². The van der Waals surface area contributed by atoms with Crippen molar-refractivity contribution in [3.05, 3.63) is 35.9 Å². The molecule has 8 heteroatoms. The Balaban J connectivity index is 1.75. The minimum atomic E-state index is -1.43. The second-order valence-electron chi connectivity index (χ2n) is 5.65. The molecule has 1 saturated heterocycles. The van der Waals surface area contributed by atoms with E-state index in [1.165, 1.54) is 16.9 Å². The third kappa shape index (κ3) is 5.46. The molecule has 2 amide bonds. The fourth-order valence-corrected chi connectivity index (χ4v) is 2.46. The van der Waals surface area contributed by atoms with Crippen LogP contribution >= 0.6 is 0 Å². The number of hydrogen-bond donors (Lipinski definition) is 1. The van der Waals surface area contributed by atoms with Crippen LogP contribution in [0.3, 0.4) is 0 Å². The Hall–Kier alpha value is -2.61. The molecule has 1 N–H and O–H groups in total. The third-order valence-electron chi connectivity index (χ3n) is 3.93. The zero-order valence-electron chi connectivity index (χ0n) is 14.1. The molecule has 0 aromatic heterocycles. The molecule has 1 fully saturated rings. The number of methoxy groups -OCH3 is 1. The maximum atomic E-state index is 12.1. The Kier molecular flexibility index (Phi) is 6.76. The van der Waals surface area contributed by atoms with Gasteiger partial charge in [-0.3, -0.25) is 9.59 Å². The number of rotatable bonds is 5. The van der Waals surface area contributed by atoms with Gasteiger partial charge in [-0.25, -0.2) is 4.79 Å². The van der Waals surface area contributed by atoms with E-state index in [0.29, 0.717) is 13.1 Å². The topological polar surface area (TPSA) is 96.4 Å². The fraction of sp³-hybridized carbons (Fsp3) is 0.471. The zero-order chi connectivity index (χ0) is 18.2. The maximum absolute atomic E-state index is 12.1. The Labute approximate surface area is 145 Å². The van der Waals surface area contributed by atoms with Crippen molar-refractivity contribution in [1.82, 2.24) is 9.80 Å². The number of aliphatic hydroxyl groups excluding tert-OH is 1. The van der Waals surface area contributed by atoms with E-state index >= 15 is 0 Å². The molecule has 1 aliphatic heterocycles. The fourth-order valence-electron chi connectivity index (χ4n) is 2.46. The zero-order valence-corrected chi connectivity index (χ0v) is 14.1. The largest absolute Gasteiger partial charge is 0.469 e. The number of carbonyl (C=O) groups is 3. The third-order valence-corrected chi connectivity index (χ3v) is 3.93. The van der Waals surface area contributed by atoms with Crippen LogP contribution in [0.4, 0.5) is 4.79 Å². The summed E-state index contributed by atoms with van der Waals surface area (Å²) in [6, 6.07) is 9.36. The molecule has 0 spiro atoms. The van der Waals surface area contributed by atoms with Gasteiger partial charge in [0.1, 0.15) is 12.7 Å². The molecule has 25 heavy (non-hydrogen) atoms. The van der Waals surface area contributed by atoms with Gasteiger partial charge in [-0.05, 0) is 5.56 Å². The number of benzene rings is 1. The molecular formula is C17H22N2O6. The summed E-state index contributed by atoms with van der Waals surface area (Å²) in [7, 11) is 1.19. The van der Waals surface area contributed by atoms with Crippen molar-refractivity contribution in [2.45, 2.75) is 19.1 Å². The molecule has 2 rings (SSSR count). The summed E-state index contributed by atoms with van der Waals surface area (Å²) in [5.41, 5.74) is 0.899. The summed E-state index contributed by atoms with van der Waals surface area (Å²) in [5, 5.41) is 9.76. The van der Waals surface area contributed by atoms with Gasteiger partial charge in [0.2, 0.25) is 0 Å². The van der Waals surface area contributed by atoms with Crippen LogP contribution in [0.15, 0.2) is 30.3 Å². The standard InChI is InChI=1S/C17H22N2O6/c1-24-15(21)11-14(20)16(22)18-7-9-19(10-8-18)17(23)25-12-13-5-3-2-4-6-13/h2-6,14,20H,7-12H2,1H3. The van der Waals surface area contributed by atoms with Crippen molar-refractivity contribution in [2.75, 3.05) is 33.3 Å². The lowest BCUT2D eigenvalue weighted by Crippen LogP contribution is -2.53. The van der Waals surface area contributed by atoms with Crippen molar-refractivity contribution >= 4 is 18.0 Å². The van der Waals surface area contributed by atoms with E-state index in [4.69, 9.17) is 4.74 Å². The molecule has 1 aromatic carbocycles. The molecule has 1 heterocycles. The lowest BCUT2D eigenvalue weighted by molar-refractivity contribution is -0.151. The minimum Gasteiger partial charge on any atom is -0.469 e. The second-order valence-corrected chi connectivity index (χ2v) is 5.65. The molecule has 0 aliphatic carbocycles. The van der Waals surface area contributed by atoms with Gasteiger partial charge in [-0.2, -0.15) is 0 Å². The predicted molar refractivity (Wildman–Crippen MR) is 87.4 cm³/mol. The summed E-state index contributed by atoms with van der Waals surface area (Å²) in [4.78, 5) is 38.2. The Morgan fingerprint density at radius 1 is 1.08 bits per heavy atom. The Morgan fingerprint density at radius 2 is 1.68 bits per heavy atom. The van der Waals surface area contributed by atoms with Crippen LogP contribution < -0.4 is 0 Å². The quantitative estimate of drug-likeness (QED) is 0.772. The van der Waals surface area contributed by atoms with Gasteiger partial charge >= 0.3 is 12.1 Å². The number of aliphatic hydroxyl groups is 1. The SMILES string of the molecule is COC(=O)CC(O)C(=O)N1CCN(C(=O)OCc2ccccc2)CC1. The number of nitrogens with zero attached hydrogens (tertiary/aromatic N) is 2. The number of hydrogen-bond acceptors (Lipinski definition) is 6. The van der Waals surface area contributed by atoms with Gasteiger partial charge in [-0.1, -0.05) is 30.3 Å². The molecule has 1 unspecified atom stereocenters. The molecule has 8 nitrogen and oxygen atoms in total. The number of carbonyl (C=O) groups excluding carboxylic acids is 3. The first-order chi connectivity index (χ1) is 12.0. The van der Waals surface area contributed by atoms with E-state index < -0.39 is 24.1 Å². The molecule has 1 atom stereocenters. The van der Waals surface area contributed by atoms with E-state index in [9.17, 15) is 19.5 Å². The average molecular weight is 350 g/mol. The van der Waals surface area contributed by atoms with Crippen molar-refractivity contribution < 1.29 is 29.0 Å². The first kappa shape index (κ1) is 18.7. The van der Waals surface area contributed by atoms with Gasteiger partial charge in [0, 0.05) is 26.2 Å². The van der Waals surface area contributed by atoms with Crippen LogP contribution in [0.1, 0.15) is 12.0 Å². The highest BCUT2D eigenvalue weighted by Crippen LogP contribution is 2.09. The highest BCUT2D eigenvalue weighted by atomic mass is 16.6. The first-order valence-electron chi connectivity index (χ1n) is 8.00. The predicted octanol–water partition coefficient (Wildman–Crippen LogP) is 0.391. The normalized spacial score (nSPS) is 15.4. The lowest BCUT2D eigenvalue weighted by Gasteiger charge is -2.34. The van der Waals surface area contributed by atoms with Crippen molar-refractivity contribution in [1.29, 1.82) is 0 Å². The van der Waals surface area contributed by atoms with Gasteiger partial charge in [0.25, 0.3) is 5.91 Å². The van der Waals surface area contributed by atoms with Crippen molar-refractivity contribution in [3.63, 3.8) is 0 Å². The summed E-state index contributed by atoms with van der Waals surface area (Å²) >= 11 is 0. The number of piperazine rings is 1. The van der Waals surface area contributed by atoms with Gasteiger partial charge in [-0.15, -0.1) is 0 Å². The number of amides is 2. The monoisotopic (exact) mass is 350 g/mol. The van der Waals surface area contributed by atoms with Crippen LogP contribution in [0.5, 0.6) is 0 Å². The molecular weight excluding hydrogens is 328 g/mol. The smallest absolute Gasteiger partial charge is 0.410 e. The van der Waals surface area contributed by atoms with E-state index in [1.54, 1.807) is 0 Å². The maximum Gasteiger partial charge on any atom is 0.410 e. The van der Waals surface area contributed by atoms with E-state index in [2.05, 4.69) is 4.74 Å². The lowest BCUT2D eigenvalue weighted by atomic mass is 10.2. The molecule has 136 valence electrons.